The highest BCUT2D eigenvalue weighted by atomic mass is 16.6. The fourth-order valence-electron chi connectivity index (χ4n) is 7.12. The molecule has 0 rings (SSSR count). The summed E-state index contributed by atoms with van der Waals surface area (Å²) in [5.74, 6) is -0.586. The van der Waals surface area contributed by atoms with Crippen molar-refractivity contribution in [3.05, 3.63) is 24.3 Å². The minimum absolute atomic E-state index is 0.0653. The Bertz CT molecular complexity index is 821. The van der Waals surface area contributed by atoms with Crippen LogP contribution < -0.4 is 0 Å². The Labute approximate surface area is 336 Å². The van der Waals surface area contributed by atoms with Crippen LogP contribution in [0.2, 0.25) is 0 Å². The molecule has 0 saturated carbocycles. The lowest BCUT2D eigenvalue weighted by molar-refractivity contribution is -0.161. The van der Waals surface area contributed by atoms with Gasteiger partial charge in [0.25, 0.3) is 0 Å². The molecule has 0 spiro atoms. The van der Waals surface area contributed by atoms with Gasteiger partial charge in [0, 0.05) is 12.8 Å². The molecule has 0 aliphatic carbocycles. The Morgan fingerprint density at radius 2 is 0.741 bits per heavy atom. The topological polar surface area (TPSA) is 72.8 Å². The number of aliphatic hydroxyl groups is 1. The SMILES string of the molecule is CCCCC/C=C/C/C=C/CCCCCCCCCC(=O)OC[C@H](CO)OC(=O)CCCCCCCCCCCCCCCCCCCCCCCCC. The summed E-state index contributed by atoms with van der Waals surface area (Å²) >= 11 is 0. The molecule has 318 valence electrons. The van der Waals surface area contributed by atoms with Crippen molar-refractivity contribution in [2.24, 2.45) is 0 Å². The third-order valence-corrected chi connectivity index (χ3v) is 10.7. The molecule has 0 heterocycles. The highest BCUT2D eigenvalue weighted by Crippen LogP contribution is 2.16. The van der Waals surface area contributed by atoms with Gasteiger partial charge in [0.15, 0.2) is 6.10 Å². The standard InChI is InChI=1S/C49H92O5/c1-3-5-7-9-11-13-15-17-19-21-22-23-24-25-26-28-30-32-34-36-38-40-42-44-49(52)54-47(45-50)46-53-48(51)43-41-39-37-35-33-31-29-27-20-18-16-14-12-10-8-6-4-2/h12,14,18,20,47,50H,3-11,13,15-17,19,21-46H2,1-2H3/b14-12+,20-18+/t47-/m0/s1. The number of esters is 2. The maximum absolute atomic E-state index is 12.2. The lowest BCUT2D eigenvalue weighted by atomic mass is 10.0. The maximum atomic E-state index is 12.2. The average molecular weight is 761 g/mol. The first-order valence-corrected chi connectivity index (χ1v) is 23.9. The van der Waals surface area contributed by atoms with Crippen LogP contribution in [-0.4, -0.2) is 36.4 Å². The second kappa shape index (κ2) is 45.8. The number of hydrogen-bond donors (Lipinski definition) is 1. The lowest BCUT2D eigenvalue weighted by Gasteiger charge is -2.15. The van der Waals surface area contributed by atoms with Gasteiger partial charge in [-0.25, -0.2) is 0 Å². The van der Waals surface area contributed by atoms with Crippen molar-refractivity contribution in [1.29, 1.82) is 0 Å². The Kier molecular flexibility index (Phi) is 44.4. The van der Waals surface area contributed by atoms with Crippen molar-refractivity contribution >= 4 is 11.9 Å². The fourth-order valence-corrected chi connectivity index (χ4v) is 7.12. The van der Waals surface area contributed by atoms with Gasteiger partial charge in [-0.15, -0.1) is 0 Å². The van der Waals surface area contributed by atoms with E-state index in [4.69, 9.17) is 9.47 Å². The molecule has 0 radical (unpaired) electrons. The van der Waals surface area contributed by atoms with E-state index in [0.717, 1.165) is 44.9 Å². The van der Waals surface area contributed by atoms with E-state index in [1.54, 1.807) is 0 Å². The Morgan fingerprint density at radius 3 is 1.13 bits per heavy atom. The molecule has 0 unspecified atom stereocenters. The van der Waals surface area contributed by atoms with Crippen molar-refractivity contribution < 1.29 is 24.2 Å². The first kappa shape index (κ1) is 52.4. The van der Waals surface area contributed by atoms with Crippen LogP contribution in [0.5, 0.6) is 0 Å². The number of rotatable bonds is 44. The molecule has 54 heavy (non-hydrogen) atoms. The van der Waals surface area contributed by atoms with Gasteiger partial charge in [-0.05, 0) is 44.9 Å². The van der Waals surface area contributed by atoms with E-state index in [2.05, 4.69) is 38.2 Å². The number of ether oxygens (including phenoxy) is 2. The molecule has 1 N–H and O–H groups in total. The van der Waals surface area contributed by atoms with Crippen LogP contribution in [0.25, 0.3) is 0 Å². The van der Waals surface area contributed by atoms with Gasteiger partial charge in [-0.3, -0.25) is 9.59 Å². The Hall–Kier alpha value is -1.62. The Balaban J connectivity index is 3.47. The van der Waals surface area contributed by atoms with Crippen molar-refractivity contribution in [3.8, 4) is 0 Å². The molecular formula is C49H92O5. The van der Waals surface area contributed by atoms with Crippen LogP contribution in [0.1, 0.15) is 258 Å². The zero-order valence-electron chi connectivity index (χ0n) is 36.3. The number of carbonyl (C=O) groups is 2. The number of aliphatic hydroxyl groups excluding tert-OH is 1. The van der Waals surface area contributed by atoms with E-state index in [1.165, 1.54) is 186 Å². The molecule has 0 bridgehead atoms. The van der Waals surface area contributed by atoms with Crippen LogP contribution in [0, 0.1) is 0 Å². The number of carbonyl (C=O) groups excluding carboxylic acids is 2. The third kappa shape index (κ3) is 43.1. The smallest absolute Gasteiger partial charge is 0.306 e. The van der Waals surface area contributed by atoms with Crippen LogP contribution >= 0.6 is 0 Å². The van der Waals surface area contributed by atoms with Crippen molar-refractivity contribution in [2.75, 3.05) is 13.2 Å². The minimum Gasteiger partial charge on any atom is -0.462 e. The van der Waals surface area contributed by atoms with Crippen molar-refractivity contribution in [1.82, 2.24) is 0 Å². The molecule has 5 heteroatoms. The second-order valence-electron chi connectivity index (χ2n) is 16.2. The molecule has 0 aromatic carbocycles. The average Bonchev–Trinajstić information content (AvgIpc) is 3.17. The molecule has 0 aliphatic heterocycles. The first-order valence-electron chi connectivity index (χ1n) is 23.9. The predicted molar refractivity (Wildman–Crippen MR) is 233 cm³/mol. The van der Waals surface area contributed by atoms with Crippen molar-refractivity contribution in [2.45, 2.75) is 264 Å². The van der Waals surface area contributed by atoms with E-state index >= 15 is 0 Å². The zero-order valence-corrected chi connectivity index (χ0v) is 36.3. The fraction of sp³-hybridized carbons (Fsp3) is 0.878. The molecular weight excluding hydrogens is 669 g/mol. The molecule has 1 atom stereocenters. The third-order valence-electron chi connectivity index (χ3n) is 10.7. The number of hydrogen-bond acceptors (Lipinski definition) is 5. The summed E-state index contributed by atoms with van der Waals surface area (Å²) in [6.07, 6.45) is 55.5. The molecule has 0 aliphatic rings. The summed E-state index contributed by atoms with van der Waals surface area (Å²) in [7, 11) is 0. The maximum Gasteiger partial charge on any atom is 0.306 e. The highest BCUT2D eigenvalue weighted by molar-refractivity contribution is 5.70. The normalized spacial score (nSPS) is 12.3. The van der Waals surface area contributed by atoms with Gasteiger partial charge in [-0.2, -0.15) is 0 Å². The largest absolute Gasteiger partial charge is 0.462 e. The zero-order chi connectivity index (χ0) is 39.3. The van der Waals surface area contributed by atoms with Gasteiger partial charge in [0.1, 0.15) is 6.61 Å². The van der Waals surface area contributed by atoms with E-state index in [0.29, 0.717) is 12.8 Å². The second-order valence-corrected chi connectivity index (χ2v) is 16.2. The summed E-state index contributed by atoms with van der Waals surface area (Å²) in [6, 6.07) is 0. The molecule has 0 aromatic heterocycles. The van der Waals surface area contributed by atoms with E-state index < -0.39 is 6.10 Å². The summed E-state index contributed by atoms with van der Waals surface area (Å²) in [4.78, 5) is 24.4. The molecule has 0 aromatic rings. The van der Waals surface area contributed by atoms with Gasteiger partial charge in [0.05, 0.1) is 6.61 Å². The molecule has 5 nitrogen and oxygen atoms in total. The van der Waals surface area contributed by atoms with Crippen LogP contribution in [0.3, 0.4) is 0 Å². The number of allylic oxidation sites excluding steroid dienone is 4. The van der Waals surface area contributed by atoms with Crippen LogP contribution in [-0.2, 0) is 19.1 Å². The van der Waals surface area contributed by atoms with Gasteiger partial charge in [0.2, 0.25) is 0 Å². The van der Waals surface area contributed by atoms with Crippen LogP contribution in [0.4, 0.5) is 0 Å². The van der Waals surface area contributed by atoms with E-state index in [-0.39, 0.29) is 25.2 Å². The molecule has 0 amide bonds. The minimum atomic E-state index is -0.771. The van der Waals surface area contributed by atoms with E-state index in [9.17, 15) is 14.7 Å². The first-order chi connectivity index (χ1) is 26.6. The summed E-state index contributed by atoms with van der Waals surface area (Å²) in [5, 5.41) is 9.60. The number of unbranched alkanes of at least 4 members (excludes halogenated alkanes) is 32. The monoisotopic (exact) mass is 761 g/mol. The Morgan fingerprint density at radius 1 is 0.426 bits per heavy atom. The lowest BCUT2D eigenvalue weighted by Crippen LogP contribution is -2.28. The quantitative estimate of drug-likeness (QED) is 0.0380. The summed E-state index contributed by atoms with van der Waals surface area (Å²) in [5.41, 5.74) is 0. The van der Waals surface area contributed by atoms with Crippen molar-refractivity contribution in [3.63, 3.8) is 0 Å². The summed E-state index contributed by atoms with van der Waals surface area (Å²) in [6.45, 7) is 4.14. The summed E-state index contributed by atoms with van der Waals surface area (Å²) < 4.78 is 10.7. The molecule has 0 saturated heterocycles. The van der Waals surface area contributed by atoms with Gasteiger partial charge >= 0.3 is 11.9 Å². The van der Waals surface area contributed by atoms with Crippen LogP contribution in [0.15, 0.2) is 24.3 Å². The van der Waals surface area contributed by atoms with E-state index in [1.807, 2.05) is 0 Å². The predicted octanol–water partition coefficient (Wildman–Crippen LogP) is 15.4. The highest BCUT2D eigenvalue weighted by Gasteiger charge is 2.16. The van der Waals surface area contributed by atoms with Gasteiger partial charge in [-0.1, -0.05) is 224 Å². The molecule has 0 fully saturated rings. The van der Waals surface area contributed by atoms with Gasteiger partial charge < -0.3 is 14.6 Å².